The van der Waals surface area contributed by atoms with Crippen molar-refractivity contribution in [2.45, 2.75) is 31.9 Å². The lowest BCUT2D eigenvalue weighted by Gasteiger charge is -2.25. The topological polar surface area (TPSA) is 137 Å². The number of carbonyl (C=O) groups excluding carboxylic acids is 2. The second-order valence-electron chi connectivity index (χ2n) is 9.34. The van der Waals surface area contributed by atoms with E-state index in [1.807, 2.05) is 31.2 Å². The lowest BCUT2D eigenvalue weighted by molar-refractivity contribution is -0.132. The molecule has 3 amide bonds. The summed E-state index contributed by atoms with van der Waals surface area (Å²) >= 11 is 0. The van der Waals surface area contributed by atoms with Crippen LogP contribution in [0.25, 0.3) is 0 Å². The standard InChI is InChI=1S/C29H31N3O7/c1-18-5-3-4-6-24(18)30-29(37)31-25-12-7-19(13-26(25)38-2)14-27(34)32-16-22(33)15-21(32)17-39-23-10-8-20(9-11-23)28(35)36/h3-13,21-22,33H,14-17H2,1-2H3,(H,35,36)(H2,30,31,37)/t21-,22+/m0/s1. The highest BCUT2D eigenvalue weighted by Crippen LogP contribution is 2.28. The average molecular weight is 534 g/mol. The molecule has 0 aliphatic carbocycles. The minimum Gasteiger partial charge on any atom is -0.495 e. The van der Waals surface area contributed by atoms with Crippen molar-refractivity contribution in [1.82, 2.24) is 4.90 Å². The number of hydrogen-bond acceptors (Lipinski definition) is 6. The fraction of sp³-hybridized carbons (Fsp3) is 0.276. The molecule has 0 spiro atoms. The number of aliphatic hydroxyl groups excluding tert-OH is 1. The van der Waals surface area contributed by atoms with Crippen molar-refractivity contribution in [3.05, 3.63) is 83.4 Å². The van der Waals surface area contributed by atoms with E-state index in [2.05, 4.69) is 10.6 Å². The number of aryl methyl sites for hydroxylation is 1. The minimum atomic E-state index is -1.02. The number of para-hydroxylation sites is 1. The van der Waals surface area contributed by atoms with Crippen molar-refractivity contribution < 1.29 is 34.1 Å². The summed E-state index contributed by atoms with van der Waals surface area (Å²) in [6.07, 6.45) is -0.214. The number of urea groups is 1. The molecule has 4 N–H and O–H groups in total. The van der Waals surface area contributed by atoms with E-state index in [1.54, 1.807) is 35.2 Å². The molecule has 10 heteroatoms. The molecule has 1 heterocycles. The SMILES string of the molecule is COc1cc(CC(=O)N2C[C@H](O)C[C@H]2COc2ccc(C(=O)O)cc2)ccc1NC(=O)Nc1ccccc1C. The molecule has 3 aromatic rings. The van der Waals surface area contributed by atoms with Gasteiger partial charge in [0.1, 0.15) is 18.1 Å². The molecule has 204 valence electrons. The van der Waals surface area contributed by atoms with Gasteiger partial charge in [0.05, 0.1) is 36.9 Å². The second kappa shape index (κ2) is 12.3. The van der Waals surface area contributed by atoms with E-state index in [0.29, 0.717) is 34.9 Å². The zero-order chi connectivity index (χ0) is 27.9. The van der Waals surface area contributed by atoms with Crippen LogP contribution < -0.4 is 20.1 Å². The van der Waals surface area contributed by atoms with Crippen LogP contribution in [0.5, 0.6) is 11.5 Å². The first-order chi connectivity index (χ1) is 18.7. The Morgan fingerprint density at radius 1 is 1.00 bits per heavy atom. The van der Waals surface area contributed by atoms with Gasteiger partial charge in [-0.25, -0.2) is 9.59 Å². The van der Waals surface area contributed by atoms with E-state index in [9.17, 15) is 19.5 Å². The van der Waals surface area contributed by atoms with Gasteiger partial charge in [-0.3, -0.25) is 4.79 Å². The Morgan fingerprint density at radius 2 is 1.72 bits per heavy atom. The number of nitrogens with zero attached hydrogens (tertiary/aromatic N) is 1. The first-order valence-corrected chi connectivity index (χ1v) is 12.5. The molecule has 1 saturated heterocycles. The lowest BCUT2D eigenvalue weighted by atomic mass is 10.1. The van der Waals surface area contributed by atoms with Crippen molar-refractivity contribution in [2.75, 3.05) is 30.9 Å². The minimum absolute atomic E-state index is 0.0720. The highest BCUT2D eigenvalue weighted by molar-refractivity contribution is 6.01. The monoisotopic (exact) mass is 533 g/mol. The van der Waals surface area contributed by atoms with Crippen LogP contribution >= 0.6 is 0 Å². The third-order valence-corrected chi connectivity index (χ3v) is 6.52. The number of hydrogen-bond donors (Lipinski definition) is 4. The third kappa shape index (κ3) is 7.05. The van der Waals surface area contributed by atoms with Gasteiger partial charge in [0.25, 0.3) is 0 Å². The Morgan fingerprint density at radius 3 is 2.41 bits per heavy atom. The van der Waals surface area contributed by atoms with Crippen LogP contribution in [-0.4, -0.2) is 65.4 Å². The summed E-state index contributed by atoms with van der Waals surface area (Å²) in [5, 5.41) is 24.8. The van der Waals surface area contributed by atoms with Gasteiger partial charge >= 0.3 is 12.0 Å². The molecule has 2 atom stereocenters. The zero-order valence-corrected chi connectivity index (χ0v) is 21.7. The highest BCUT2D eigenvalue weighted by Gasteiger charge is 2.34. The number of benzene rings is 3. The van der Waals surface area contributed by atoms with Crippen molar-refractivity contribution in [1.29, 1.82) is 0 Å². The largest absolute Gasteiger partial charge is 0.495 e. The summed E-state index contributed by atoms with van der Waals surface area (Å²) in [4.78, 5) is 38.3. The number of aliphatic hydroxyl groups is 1. The number of ether oxygens (including phenoxy) is 2. The van der Waals surface area contributed by atoms with E-state index in [-0.39, 0.29) is 37.1 Å². The summed E-state index contributed by atoms with van der Waals surface area (Å²) in [6, 6.07) is 17.8. The number of nitrogens with one attached hydrogen (secondary N) is 2. The van der Waals surface area contributed by atoms with E-state index >= 15 is 0 Å². The van der Waals surface area contributed by atoms with E-state index in [1.165, 1.54) is 19.2 Å². The van der Waals surface area contributed by atoms with Crippen molar-refractivity contribution in [3.8, 4) is 11.5 Å². The van der Waals surface area contributed by atoms with Crippen LogP contribution in [0, 0.1) is 6.92 Å². The molecular formula is C29H31N3O7. The highest BCUT2D eigenvalue weighted by atomic mass is 16.5. The van der Waals surface area contributed by atoms with Crippen LogP contribution in [0.4, 0.5) is 16.2 Å². The molecule has 0 unspecified atom stereocenters. The molecule has 10 nitrogen and oxygen atoms in total. The molecule has 4 rings (SSSR count). The maximum absolute atomic E-state index is 13.2. The molecule has 0 bridgehead atoms. The number of anilines is 2. The molecule has 0 aromatic heterocycles. The van der Waals surface area contributed by atoms with Gasteiger partial charge in [-0.2, -0.15) is 0 Å². The Hall–Kier alpha value is -4.57. The molecule has 39 heavy (non-hydrogen) atoms. The summed E-state index contributed by atoms with van der Waals surface area (Å²) in [5.74, 6) is -0.316. The number of aromatic carboxylic acids is 1. The summed E-state index contributed by atoms with van der Waals surface area (Å²) < 4.78 is 11.2. The van der Waals surface area contributed by atoms with Gasteiger partial charge in [-0.1, -0.05) is 24.3 Å². The third-order valence-electron chi connectivity index (χ3n) is 6.52. The number of carbonyl (C=O) groups is 3. The summed E-state index contributed by atoms with van der Waals surface area (Å²) in [7, 11) is 1.48. The Balaban J connectivity index is 1.37. The lowest BCUT2D eigenvalue weighted by Crippen LogP contribution is -2.40. The van der Waals surface area contributed by atoms with Crippen LogP contribution in [0.2, 0.25) is 0 Å². The molecular weight excluding hydrogens is 502 g/mol. The van der Waals surface area contributed by atoms with Crippen molar-refractivity contribution >= 4 is 29.3 Å². The quantitative estimate of drug-likeness (QED) is 0.327. The van der Waals surface area contributed by atoms with Gasteiger partial charge in [-0.05, 0) is 66.9 Å². The average Bonchev–Trinajstić information content (AvgIpc) is 3.30. The van der Waals surface area contributed by atoms with Crippen molar-refractivity contribution in [2.24, 2.45) is 0 Å². The van der Waals surface area contributed by atoms with Crippen molar-refractivity contribution in [3.63, 3.8) is 0 Å². The Kier molecular flexibility index (Phi) is 8.67. The molecule has 1 fully saturated rings. The van der Waals surface area contributed by atoms with Crippen LogP contribution in [0.1, 0.15) is 27.9 Å². The van der Waals surface area contributed by atoms with Gasteiger partial charge < -0.3 is 35.2 Å². The normalized spacial score (nSPS) is 16.4. The fourth-order valence-corrected chi connectivity index (χ4v) is 4.46. The van der Waals surface area contributed by atoms with E-state index < -0.39 is 18.1 Å². The maximum Gasteiger partial charge on any atom is 0.335 e. The maximum atomic E-state index is 13.2. The first-order valence-electron chi connectivity index (χ1n) is 12.5. The second-order valence-corrected chi connectivity index (χ2v) is 9.34. The number of amides is 3. The van der Waals surface area contributed by atoms with Gasteiger partial charge in [0.2, 0.25) is 5.91 Å². The molecule has 3 aromatic carbocycles. The summed E-state index contributed by atoms with van der Waals surface area (Å²) in [5.41, 5.74) is 2.92. The molecule has 0 saturated carbocycles. The number of rotatable bonds is 9. The predicted octanol–water partition coefficient (Wildman–Crippen LogP) is 3.93. The number of β-amino-alcohol motifs (C(OH)–C–C–N with tert-alkyl or cyclic N) is 1. The smallest absolute Gasteiger partial charge is 0.335 e. The zero-order valence-electron chi connectivity index (χ0n) is 21.7. The number of methoxy groups -OCH3 is 1. The van der Waals surface area contributed by atoms with E-state index in [4.69, 9.17) is 14.6 Å². The predicted molar refractivity (Wildman–Crippen MR) is 146 cm³/mol. The fourth-order valence-electron chi connectivity index (χ4n) is 4.46. The van der Waals surface area contributed by atoms with Crippen LogP contribution in [0.15, 0.2) is 66.7 Å². The van der Waals surface area contributed by atoms with Gasteiger partial charge in [-0.15, -0.1) is 0 Å². The Bertz CT molecular complexity index is 1340. The first kappa shape index (κ1) is 27.5. The number of likely N-dealkylation sites (tertiary alicyclic amines) is 1. The van der Waals surface area contributed by atoms with Gasteiger partial charge in [0.15, 0.2) is 0 Å². The van der Waals surface area contributed by atoms with E-state index in [0.717, 1.165) is 5.56 Å². The molecule has 0 radical (unpaired) electrons. The van der Waals surface area contributed by atoms with Crippen LogP contribution in [-0.2, 0) is 11.2 Å². The number of carboxylic acid groups (broad SMARTS) is 1. The summed E-state index contributed by atoms with van der Waals surface area (Å²) in [6.45, 7) is 2.26. The van der Waals surface area contributed by atoms with Gasteiger partial charge in [0, 0.05) is 12.2 Å². The van der Waals surface area contributed by atoms with Crippen LogP contribution in [0.3, 0.4) is 0 Å². The number of carboxylic acids is 1. The molecule has 1 aliphatic rings. The molecule has 1 aliphatic heterocycles. The Labute approximate surface area is 226 Å².